The lowest BCUT2D eigenvalue weighted by atomic mass is 9.33. The Kier molecular flexibility index (Phi) is 10.7. The van der Waals surface area contributed by atoms with Gasteiger partial charge in [0.25, 0.3) is 5.91 Å². The van der Waals surface area contributed by atoms with Crippen LogP contribution < -0.4 is 10.6 Å². The van der Waals surface area contributed by atoms with E-state index in [0.29, 0.717) is 48.6 Å². The number of carbonyl (C=O) groups excluding carboxylic acids is 3. The number of carboxylic acid groups (broad SMARTS) is 1. The van der Waals surface area contributed by atoms with Gasteiger partial charge in [-0.2, -0.15) is 0 Å². The van der Waals surface area contributed by atoms with Crippen LogP contribution in [0.5, 0.6) is 0 Å². The number of nitrogens with one attached hydrogen (secondary N) is 2. The Bertz CT molecular complexity index is 1850. The second-order valence-electron chi connectivity index (χ2n) is 22.6. The minimum absolute atomic E-state index is 0.0676. The monoisotopic (exact) mass is 801 g/mol. The van der Waals surface area contributed by atoms with E-state index in [-0.39, 0.29) is 56.9 Å². The quantitative estimate of drug-likeness (QED) is 0.148. The third-order valence-corrected chi connectivity index (χ3v) is 18.2. The van der Waals surface area contributed by atoms with Crippen LogP contribution in [-0.2, 0) is 19.1 Å². The third kappa shape index (κ3) is 6.59. The third-order valence-electron chi connectivity index (χ3n) is 18.2. The average Bonchev–Trinajstić information content (AvgIpc) is 3.43. The first-order valence-electron chi connectivity index (χ1n) is 22.5. The van der Waals surface area contributed by atoms with Crippen LogP contribution in [0.4, 0.5) is 0 Å². The van der Waals surface area contributed by atoms with Crippen molar-refractivity contribution in [2.75, 3.05) is 13.1 Å². The van der Waals surface area contributed by atoms with Gasteiger partial charge < -0.3 is 20.5 Å². The fourth-order valence-corrected chi connectivity index (χ4v) is 14.8. The van der Waals surface area contributed by atoms with Gasteiger partial charge in [-0.3, -0.25) is 19.2 Å². The molecule has 0 aliphatic heterocycles. The Morgan fingerprint density at radius 2 is 1.64 bits per heavy atom. The van der Waals surface area contributed by atoms with Crippen LogP contribution in [0.2, 0.25) is 0 Å². The SMILES string of the molecule is CC(C)C1=C2[C@H]3CC[C@@H]4[C@@]5(C)CC[C@H](OC(=O)[C@H]6C[C@@H](C(=O)O)C6(C)C)C(C)(C)[C@@H]5CC[C@@]4(C)[C@]3(C)CC[C@@]2(CCNCC(C)(C)NC(=O)c2ccncn2)CC1=O. The van der Waals surface area contributed by atoms with E-state index >= 15 is 0 Å². The molecular formula is C48H72N4O6. The number of Topliss-reactive ketones (excluding diaryl/α,β-unsaturated/α-hetero) is 1. The van der Waals surface area contributed by atoms with Gasteiger partial charge in [0.1, 0.15) is 18.1 Å². The summed E-state index contributed by atoms with van der Waals surface area (Å²) in [7, 11) is 0. The summed E-state index contributed by atoms with van der Waals surface area (Å²) >= 11 is 0. The second kappa shape index (κ2) is 14.5. The molecule has 10 nitrogen and oxygen atoms in total. The van der Waals surface area contributed by atoms with E-state index in [2.05, 4.69) is 69.1 Å². The van der Waals surface area contributed by atoms with Crippen LogP contribution in [0.3, 0.4) is 0 Å². The first kappa shape index (κ1) is 43.0. The van der Waals surface area contributed by atoms with Gasteiger partial charge in [0, 0.05) is 35.5 Å². The highest BCUT2D eigenvalue weighted by Crippen LogP contribution is 2.77. The zero-order chi connectivity index (χ0) is 42.4. The molecule has 1 aromatic heterocycles. The minimum atomic E-state index is -0.826. The Labute approximate surface area is 347 Å². The number of nitrogens with zero attached hydrogens (tertiary/aromatic N) is 2. The molecule has 6 aliphatic rings. The highest BCUT2D eigenvalue weighted by atomic mass is 16.5. The predicted molar refractivity (Wildman–Crippen MR) is 223 cm³/mol. The first-order valence-corrected chi connectivity index (χ1v) is 22.5. The van der Waals surface area contributed by atoms with Crippen molar-refractivity contribution in [1.29, 1.82) is 0 Å². The summed E-state index contributed by atoms with van der Waals surface area (Å²) in [6.07, 6.45) is 13.1. The minimum Gasteiger partial charge on any atom is -0.481 e. The largest absolute Gasteiger partial charge is 0.481 e. The molecule has 3 N–H and O–H groups in total. The van der Waals surface area contributed by atoms with Gasteiger partial charge in [-0.25, -0.2) is 9.97 Å². The molecule has 0 aromatic carbocycles. The number of allylic oxidation sites excluding steroid dienone is 2. The van der Waals surface area contributed by atoms with Crippen molar-refractivity contribution >= 4 is 23.6 Å². The van der Waals surface area contributed by atoms with Crippen molar-refractivity contribution < 1.29 is 29.0 Å². The number of carboxylic acids is 1. The van der Waals surface area contributed by atoms with Crippen LogP contribution in [0, 0.1) is 68.0 Å². The van der Waals surface area contributed by atoms with Crippen molar-refractivity contribution in [3.63, 3.8) is 0 Å². The Morgan fingerprint density at radius 3 is 2.28 bits per heavy atom. The van der Waals surface area contributed by atoms with Crippen LogP contribution in [0.15, 0.2) is 29.7 Å². The number of carbonyl (C=O) groups is 4. The van der Waals surface area contributed by atoms with Gasteiger partial charge in [0.15, 0.2) is 5.78 Å². The van der Waals surface area contributed by atoms with E-state index in [1.54, 1.807) is 12.3 Å². The maximum atomic E-state index is 14.1. The summed E-state index contributed by atoms with van der Waals surface area (Å²) in [6, 6.07) is 1.62. The molecule has 5 fully saturated rings. The molecule has 320 valence electrons. The zero-order valence-corrected chi connectivity index (χ0v) is 37.3. The number of rotatable bonds is 11. The van der Waals surface area contributed by atoms with Crippen molar-refractivity contribution in [1.82, 2.24) is 20.6 Å². The molecule has 0 bridgehead atoms. The summed E-state index contributed by atoms with van der Waals surface area (Å²) in [5.41, 5.74) is 1.82. The number of aromatic nitrogens is 2. The molecular weight excluding hydrogens is 729 g/mol. The molecule has 1 heterocycles. The van der Waals surface area contributed by atoms with Crippen molar-refractivity contribution in [3.05, 3.63) is 35.4 Å². The van der Waals surface area contributed by atoms with Gasteiger partial charge in [-0.15, -0.1) is 0 Å². The summed E-state index contributed by atoms with van der Waals surface area (Å²) < 4.78 is 6.43. The Balaban J connectivity index is 1.07. The molecule has 10 atom stereocenters. The smallest absolute Gasteiger partial charge is 0.309 e. The standard InChI is InChI=1S/C48H72N4O6/c1-28(2)37-33(53)25-48(21-23-49-26-42(3,4)52-39(54)32-16-22-50-27-51-32)20-19-46(10)29(38(37)48)12-13-35-45(9)17-15-36(44(7,8)34(45)14-18-47(35,46)11)58-41(57)31-24-30(40(55)56)43(31,5)6/h16,22,27-31,34-36,49H,12-15,17-21,23-26H2,1-11H3,(H,52,54)(H,55,56)/t29-,30+,31-,34+,35-,36+,45+,46-,47-,48-/m1/s1. The maximum Gasteiger partial charge on any atom is 0.309 e. The van der Waals surface area contributed by atoms with Crippen LogP contribution in [0.25, 0.3) is 0 Å². The lowest BCUT2D eigenvalue weighted by Crippen LogP contribution is -2.66. The normalized spacial score (nSPS) is 38.8. The first-order chi connectivity index (χ1) is 27.0. The number of ether oxygens (including phenoxy) is 1. The topological polar surface area (TPSA) is 148 Å². The number of ketones is 1. The molecule has 5 saturated carbocycles. The summed E-state index contributed by atoms with van der Waals surface area (Å²) in [4.78, 5) is 60.5. The van der Waals surface area contributed by atoms with Gasteiger partial charge in [-0.1, -0.05) is 67.9 Å². The lowest BCUT2D eigenvalue weighted by Gasteiger charge is -2.72. The van der Waals surface area contributed by atoms with E-state index in [1.165, 1.54) is 11.9 Å². The highest BCUT2D eigenvalue weighted by molar-refractivity contribution is 6.00. The summed E-state index contributed by atoms with van der Waals surface area (Å²) in [5.74, 6) is -0.278. The number of aliphatic carboxylic acids is 1. The number of esters is 1. The molecule has 0 saturated heterocycles. The molecule has 1 aromatic rings. The Morgan fingerprint density at radius 1 is 0.914 bits per heavy atom. The maximum absolute atomic E-state index is 14.1. The zero-order valence-electron chi connectivity index (χ0n) is 37.3. The molecule has 0 spiro atoms. The summed E-state index contributed by atoms with van der Waals surface area (Å²) in [6.45, 7) is 26.1. The number of hydrogen-bond acceptors (Lipinski definition) is 8. The van der Waals surface area contributed by atoms with E-state index in [0.717, 1.165) is 69.9 Å². The van der Waals surface area contributed by atoms with Gasteiger partial charge in [0.2, 0.25) is 0 Å². The molecule has 1 amide bonds. The molecule has 58 heavy (non-hydrogen) atoms. The molecule has 7 rings (SSSR count). The van der Waals surface area contributed by atoms with Gasteiger partial charge in [0.05, 0.1) is 11.8 Å². The fraction of sp³-hybridized carbons (Fsp3) is 0.792. The Hall–Kier alpha value is -3.14. The van der Waals surface area contributed by atoms with Gasteiger partial charge >= 0.3 is 11.9 Å². The van der Waals surface area contributed by atoms with Crippen LogP contribution in [-0.4, -0.2) is 63.4 Å². The van der Waals surface area contributed by atoms with Crippen LogP contribution in [0.1, 0.15) is 157 Å². The lowest BCUT2D eigenvalue weighted by molar-refractivity contribution is -0.236. The second-order valence-corrected chi connectivity index (χ2v) is 22.6. The van der Waals surface area contributed by atoms with E-state index in [1.807, 2.05) is 27.7 Å². The van der Waals surface area contributed by atoms with Crippen molar-refractivity contribution in [3.8, 4) is 0 Å². The number of fused-ring (bicyclic) bond motifs is 7. The van der Waals surface area contributed by atoms with E-state index in [4.69, 9.17) is 4.74 Å². The van der Waals surface area contributed by atoms with Crippen molar-refractivity contribution in [2.45, 2.75) is 158 Å². The summed E-state index contributed by atoms with van der Waals surface area (Å²) in [5, 5.41) is 16.5. The fourth-order valence-electron chi connectivity index (χ4n) is 14.8. The van der Waals surface area contributed by atoms with Crippen molar-refractivity contribution in [2.24, 2.45) is 68.0 Å². The predicted octanol–water partition coefficient (Wildman–Crippen LogP) is 8.60. The number of hydrogen-bond donors (Lipinski definition) is 3. The average molecular weight is 801 g/mol. The van der Waals surface area contributed by atoms with Gasteiger partial charge in [-0.05, 0) is 142 Å². The molecule has 0 radical (unpaired) electrons. The number of amides is 1. The van der Waals surface area contributed by atoms with E-state index < -0.39 is 22.8 Å². The van der Waals surface area contributed by atoms with E-state index in [9.17, 15) is 24.3 Å². The van der Waals surface area contributed by atoms with Crippen LogP contribution >= 0.6 is 0 Å². The molecule has 6 aliphatic carbocycles. The molecule has 0 unspecified atom stereocenters. The highest BCUT2D eigenvalue weighted by Gasteiger charge is 2.70. The molecule has 10 heteroatoms.